The normalized spacial score (nSPS) is 12.5. The first-order valence-electron chi connectivity index (χ1n) is 2.86. The Balaban J connectivity index is 3.34. The summed E-state index contributed by atoms with van der Waals surface area (Å²) in [4.78, 5) is 3.80. The van der Waals surface area contributed by atoms with Gasteiger partial charge >= 0.3 is 0 Å². The van der Waals surface area contributed by atoms with Crippen LogP contribution in [-0.4, -0.2) is 13.3 Å². The first kappa shape index (κ1) is 7.41. The van der Waals surface area contributed by atoms with Crippen molar-refractivity contribution in [1.29, 1.82) is 0 Å². The Kier molecular flexibility index (Phi) is 4.23. The topological polar surface area (TPSA) is 12.4 Å². The van der Waals surface area contributed by atoms with Crippen LogP contribution in [0.1, 0.15) is 13.8 Å². The molecule has 0 aromatic rings. The van der Waals surface area contributed by atoms with Crippen LogP contribution in [0, 0.1) is 5.92 Å². The summed E-state index contributed by atoms with van der Waals surface area (Å²) >= 11 is 0. The second-order valence-corrected chi connectivity index (χ2v) is 2.04. The van der Waals surface area contributed by atoms with Gasteiger partial charge in [0.05, 0.1) is 0 Å². The molecule has 1 heteroatoms. The zero-order chi connectivity index (χ0) is 6.41. The van der Waals surface area contributed by atoms with Crippen LogP contribution in [0.5, 0.6) is 0 Å². The molecular weight excluding hydrogens is 98.1 g/mol. The van der Waals surface area contributed by atoms with E-state index >= 15 is 0 Å². The van der Waals surface area contributed by atoms with E-state index in [-0.39, 0.29) is 0 Å². The van der Waals surface area contributed by atoms with Crippen LogP contribution in [0.15, 0.2) is 17.1 Å². The highest BCUT2D eigenvalue weighted by atomic mass is 14.6. The van der Waals surface area contributed by atoms with Gasteiger partial charge < -0.3 is 0 Å². The van der Waals surface area contributed by atoms with Gasteiger partial charge in [0.15, 0.2) is 0 Å². The number of hydrogen-bond donors (Lipinski definition) is 0. The predicted octanol–water partition coefficient (Wildman–Crippen LogP) is 1.90. The second-order valence-electron chi connectivity index (χ2n) is 2.04. The zero-order valence-electron chi connectivity index (χ0n) is 5.76. The molecule has 0 unspecified atom stereocenters. The second kappa shape index (κ2) is 4.57. The Hall–Kier alpha value is -0.590. The lowest BCUT2D eigenvalue weighted by atomic mass is 10.2. The third-order valence-corrected chi connectivity index (χ3v) is 0.731. The Morgan fingerprint density at radius 3 is 2.38 bits per heavy atom. The standard InChI is InChI=1S/C7H13N/c1-7(2)5-4-6-8-3/h4-7H,1-3H3/b5-4+,8-6?. The Labute approximate surface area is 51.1 Å². The zero-order valence-corrected chi connectivity index (χ0v) is 5.76. The summed E-state index contributed by atoms with van der Waals surface area (Å²) in [6, 6.07) is 0. The van der Waals surface area contributed by atoms with E-state index in [4.69, 9.17) is 0 Å². The van der Waals surface area contributed by atoms with Gasteiger partial charge in [-0.1, -0.05) is 19.9 Å². The van der Waals surface area contributed by atoms with E-state index in [1.807, 2.05) is 6.08 Å². The molecule has 0 radical (unpaired) electrons. The van der Waals surface area contributed by atoms with Crippen LogP contribution in [0.3, 0.4) is 0 Å². The van der Waals surface area contributed by atoms with Crippen molar-refractivity contribution in [2.45, 2.75) is 13.8 Å². The van der Waals surface area contributed by atoms with Crippen molar-refractivity contribution in [1.82, 2.24) is 0 Å². The highest BCUT2D eigenvalue weighted by Crippen LogP contribution is 1.90. The van der Waals surface area contributed by atoms with E-state index in [1.165, 1.54) is 0 Å². The van der Waals surface area contributed by atoms with E-state index in [9.17, 15) is 0 Å². The maximum Gasteiger partial charge on any atom is 0.0277 e. The van der Waals surface area contributed by atoms with Crippen molar-refractivity contribution in [2.24, 2.45) is 10.9 Å². The van der Waals surface area contributed by atoms with E-state index in [0.717, 1.165) is 0 Å². The van der Waals surface area contributed by atoms with E-state index < -0.39 is 0 Å². The molecule has 0 saturated carbocycles. The summed E-state index contributed by atoms with van der Waals surface area (Å²) in [7, 11) is 1.77. The Bertz CT molecular complexity index is 90.6. The molecule has 0 heterocycles. The first-order valence-corrected chi connectivity index (χ1v) is 2.86. The fourth-order valence-corrected chi connectivity index (χ4v) is 0.358. The van der Waals surface area contributed by atoms with Gasteiger partial charge in [-0.3, -0.25) is 4.99 Å². The third kappa shape index (κ3) is 5.41. The van der Waals surface area contributed by atoms with Crippen LogP contribution in [0.25, 0.3) is 0 Å². The minimum absolute atomic E-state index is 0.632. The molecule has 0 atom stereocenters. The number of nitrogens with zero attached hydrogens (tertiary/aromatic N) is 1. The molecule has 1 nitrogen and oxygen atoms in total. The summed E-state index contributed by atoms with van der Waals surface area (Å²) in [6.07, 6.45) is 5.86. The van der Waals surface area contributed by atoms with Gasteiger partial charge in [-0.05, 0) is 12.0 Å². The fourth-order valence-electron chi connectivity index (χ4n) is 0.358. The summed E-state index contributed by atoms with van der Waals surface area (Å²) in [5, 5.41) is 0. The van der Waals surface area contributed by atoms with Crippen molar-refractivity contribution in [2.75, 3.05) is 7.05 Å². The van der Waals surface area contributed by atoms with Gasteiger partial charge in [-0.2, -0.15) is 0 Å². The Morgan fingerprint density at radius 2 is 2.00 bits per heavy atom. The quantitative estimate of drug-likeness (QED) is 0.482. The smallest absolute Gasteiger partial charge is 0.0277 e. The maximum absolute atomic E-state index is 3.80. The van der Waals surface area contributed by atoms with Crippen LogP contribution in [0.2, 0.25) is 0 Å². The monoisotopic (exact) mass is 111 g/mol. The number of allylic oxidation sites excluding steroid dienone is 2. The lowest BCUT2D eigenvalue weighted by Crippen LogP contribution is -1.76. The van der Waals surface area contributed by atoms with Crippen molar-refractivity contribution in [3.05, 3.63) is 12.2 Å². The molecule has 0 aromatic carbocycles. The lowest BCUT2D eigenvalue weighted by Gasteiger charge is -1.87. The van der Waals surface area contributed by atoms with Gasteiger partial charge in [0.2, 0.25) is 0 Å². The molecule has 0 aliphatic rings. The molecule has 0 saturated heterocycles. The predicted molar refractivity (Wildman–Crippen MR) is 38.4 cm³/mol. The molecule has 0 N–H and O–H groups in total. The van der Waals surface area contributed by atoms with Crippen molar-refractivity contribution < 1.29 is 0 Å². The summed E-state index contributed by atoms with van der Waals surface area (Å²) in [6.45, 7) is 4.28. The lowest BCUT2D eigenvalue weighted by molar-refractivity contribution is 0.833. The van der Waals surface area contributed by atoms with Crippen molar-refractivity contribution in [3.8, 4) is 0 Å². The molecule has 0 aromatic heterocycles. The molecule has 0 rings (SSSR count). The maximum atomic E-state index is 3.80. The van der Waals surface area contributed by atoms with E-state index in [1.54, 1.807) is 13.3 Å². The molecule has 0 bridgehead atoms. The average molecular weight is 111 g/mol. The van der Waals surface area contributed by atoms with Gasteiger partial charge in [-0.25, -0.2) is 0 Å². The van der Waals surface area contributed by atoms with Crippen LogP contribution in [-0.2, 0) is 0 Å². The van der Waals surface area contributed by atoms with Gasteiger partial charge in [0.25, 0.3) is 0 Å². The highest BCUT2D eigenvalue weighted by Gasteiger charge is 1.78. The summed E-state index contributed by atoms with van der Waals surface area (Å²) in [5.74, 6) is 0.632. The molecule has 0 aliphatic heterocycles. The van der Waals surface area contributed by atoms with Gasteiger partial charge in [-0.15, -0.1) is 0 Å². The minimum Gasteiger partial charge on any atom is -0.297 e. The highest BCUT2D eigenvalue weighted by molar-refractivity contribution is 5.70. The number of hydrogen-bond acceptors (Lipinski definition) is 1. The molecule has 0 aliphatic carbocycles. The molecule has 0 spiro atoms. The first-order chi connectivity index (χ1) is 3.77. The third-order valence-electron chi connectivity index (χ3n) is 0.731. The van der Waals surface area contributed by atoms with Crippen LogP contribution in [0.4, 0.5) is 0 Å². The minimum atomic E-state index is 0.632. The summed E-state index contributed by atoms with van der Waals surface area (Å²) < 4.78 is 0. The van der Waals surface area contributed by atoms with Crippen LogP contribution >= 0.6 is 0 Å². The van der Waals surface area contributed by atoms with E-state index in [0.29, 0.717) is 5.92 Å². The SMILES string of the molecule is CN=C/C=C/C(C)C. The molecular formula is C7H13N. The number of aliphatic imine (C=N–C) groups is 1. The Morgan fingerprint density at radius 1 is 1.38 bits per heavy atom. The van der Waals surface area contributed by atoms with Gasteiger partial charge in [0, 0.05) is 13.3 Å². The number of rotatable bonds is 2. The molecule has 8 heavy (non-hydrogen) atoms. The van der Waals surface area contributed by atoms with Crippen LogP contribution < -0.4 is 0 Å². The average Bonchev–Trinajstić information content (AvgIpc) is 1.66. The molecule has 0 amide bonds. The largest absolute Gasteiger partial charge is 0.297 e. The van der Waals surface area contributed by atoms with Gasteiger partial charge in [0.1, 0.15) is 0 Å². The molecule has 0 fully saturated rings. The fraction of sp³-hybridized carbons (Fsp3) is 0.571. The van der Waals surface area contributed by atoms with E-state index in [2.05, 4.69) is 24.9 Å². The van der Waals surface area contributed by atoms with Crippen molar-refractivity contribution in [3.63, 3.8) is 0 Å². The van der Waals surface area contributed by atoms with Crippen molar-refractivity contribution >= 4 is 6.21 Å². The summed E-state index contributed by atoms with van der Waals surface area (Å²) in [5.41, 5.74) is 0. The molecule has 46 valence electrons.